The number of hydrogen-bond donors (Lipinski definition) is 1. The van der Waals surface area contributed by atoms with E-state index in [1.165, 1.54) is 18.5 Å². The SMILES string of the molecule is COCC(NCc1ccnn1C)C1CC1. The molecular formula is C11H19N3O. The molecule has 1 N–H and O–H groups in total. The summed E-state index contributed by atoms with van der Waals surface area (Å²) in [7, 11) is 3.74. The maximum absolute atomic E-state index is 5.22. The molecule has 1 atom stereocenters. The Morgan fingerprint density at radius 1 is 1.67 bits per heavy atom. The van der Waals surface area contributed by atoms with Gasteiger partial charge in [0.1, 0.15) is 0 Å². The Morgan fingerprint density at radius 2 is 2.47 bits per heavy atom. The Labute approximate surface area is 90.6 Å². The second-order valence-electron chi connectivity index (χ2n) is 4.23. The van der Waals surface area contributed by atoms with Crippen LogP contribution in [0.5, 0.6) is 0 Å². The van der Waals surface area contributed by atoms with E-state index in [0.717, 1.165) is 19.1 Å². The van der Waals surface area contributed by atoms with Crippen molar-refractivity contribution in [1.82, 2.24) is 15.1 Å². The Bertz CT molecular complexity index is 307. The topological polar surface area (TPSA) is 39.1 Å². The molecular weight excluding hydrogens is 190 g/mol. The fourth-order valence-corrected chi connectivity index (χ4v) is 1.85. The molecule has 0 spiro atoms. The highest BCUT2D eigenvalue weighted by atomic mass is 16.5. The molecule has 1 heterocycles. The van der Waals surface area contributed by atoms with Crippen LogP contribution >= 0.6 is 0 Å². The highest BCUT2D eigenvalue weighted by molar-refractivity contribution is 5.00. The zero-order chi connectivity index (χ0) is 10.7. The molecule has 84 valence electrons. The van der Waals surface area contributed by atoms with Crippen LogP contribution in [0, 0.1) is 5.92 Å². The summed E-state index contributed by atoms with van der Waals surface area (Å²) in [5, 5.41) is 7.69. The van der Waals surface area contributed by atoms with E-state index in [9.17, 15) is 0 Å². The lowest BCUT2D eigenvalue weighted by molar-refractivity contribution is 0.156. The van der Waals surface area contributed by atoms with Crippen LogP contribution in [0.2, 0.25) is 0 Å². The summed E-state index contributed by atoms with van der Waals surface area (Å²) in [5.41, 5.74) is 1.22. The van der Waals surface area contributed by atoms with E-state index in [1.54, 1.807) is 7.11 Å². The number of nitrogens with one attached hydrogen (secondary N) is 1. The highest BCUT2D eigenvalue weighted by Crippen LogP contribution is 2.32. The summed E-state index contributed by atoms with van der Waals surface area (Å²) < 4.78 is 7.13. The maximum atomic E-state index is 5.22. The molecule has 1 aliphatic carbocycles. The second kappa shape index (κ2) is 4.77. The Balaban J connectivity index is 1.82. The normalized spacial score (nSPS) is 18.0. The van der Waals surface area contributed by atoms with Crippen LogP contribution in [-0.2, 0) is 18.3 Å². The molecule has 0 aliphatic heterocycles. The Kier molecular flexibility index (Phi) is 3.38. The molecule has 0 saturated heterocycles. The van der Waals surface area contributed by atoms with Gasteiger partial charge in [-0.3, -0.25) is 4.68 Å². The summed E-state index contributed by atoms with van der Waals surface area (Å²) in [5.74, 6) is 0.818. The lowest BCUT2D eigenvalue weighted by Crippen LogP contribution is -2.35. The first kappa shape index (κ1) is 10.6. The van der Waals surface area contributed by atoms with Gasteiger partial charge in [-0.25, -0.2) is 0 Å². The molecule has 1 fully saturated rings. The first-order chi connectivity index (χ1) is 7.31. The molecule has 0 bridgehead atoms. The van der Waals surface area contributed by atoms with Gasteiger partial charge in [-0.05, 0) is 24.8 Å². The molecule has 1 aromatic heterocycles. The first-order valence-electron chi connectivity index (χ1n) is 5.50. The molecule has 2 rings (SSSR count). The molecule has 15 heavy (non-hydrogen) atoms. The molecule has 1 aliphatic rings. The highest BCUT2D eigenvalue weighted by Gasteiger charge is 2.30. The van der Waals surface area contributed by atoms with Crippen molar-refractivity contribution < 1.29 is 4.74 Å². The minimum atomic E-state index is 0.505. The average Bonchev–Trinajstić information content (AvgIpc) is 2.98. The largest absolute Gasteiger partial charge is 0.383 e. The van der Waals surface area contributed by atoms with Crippen molar-refractivity contribution in [2.75, 3.05) is 13.7 Å². The van der Waals surface area contributed by atoms with E-state index in [0.29, 0.717) is 6.04 Å². The van der Waals surface area contributed by atoms with Crippen LogP contribution in [0.4, 0.5) is 0 Å². The van der Waals surface area contributed by atoms with Gasteiger partial charge in [0.05, 0.1) is 12.3 Å². The quantitative estimate of drug-likeness (QED) is 0.757. The summed E-state index contributed by atoms with van der Waals surface area (Å²) >= 11 is 0. The molecule has 1 saturated carbocycles. The molecule has 0 aromatic carbocycles. The van der Waals surface area contributed by atoms with Crippen molar-refractivity contribution in [1.29, 1.82) is 0 Å². The number of methoxy groups -OCH3 is 1. The van der Waals surface area contributed by atoms with Crippen molar-refractivity contribution in [3.05, 3.63) is 18.0 Å². The van der Waals surface area contributed by atoms with E-state index < -0.39 is 0 Å². The minimum Gasteiger partial charge on any atom is -0.383 e. The Hall–Kier alpha value is -0.870. The van der Waals surface area contributed by atoms with Gasteiger partial charge in [-0.15, -0.1) is 0 Å². The van der Waals surface area contributed by atoms with Crippen LogP contribution in [0.3, 0.4) is 0 Å². The van der Waals surface area contributed by atoms with Gasteiger partial charge in [0, 0.05) is 32.9 Å². The van der Waals surface area contributed by atoms with Crippen molar-refractivity contribution >= 4 is 0 Å². The van der Waals surface area contributed by atoms with Crippen LogP contribution < -0.4 is 5.32 Å². The van der Waals surface area contributed by atoms with Crippen LogP contribution in [0.15, 0.2) is 12.3 Å². The smallest absolute Gasteiger partial charge is 0.0618 e. The van der Waals surface area contributed by atoms with Gasteiger partial charge in [0.2, 0.25) is 0 Å². The third kappa shape index (κ3) is 2.79. The standard InChI is InChI=1S/C11H19N3O/c1-14-10(5-6-13-14)7-12-11(8-15-2)9-3-4-9/h5-6,9,11-12H,3-4,7-8H2,1-2H3. The number of aryl methyl sites for hydroxylation is 1. The molecule has 1 unspecified atom stereocenters. The zero-order valence-corrected chi connectivity index (χ0v) is 9.44. The number of ether oxygens (including phenoxy) is 1. The molecule has 1 aromatic rings. The zero-order valence-electron chi connectivity index (χ0n) is 9.44. The third-order valence-corrected chi connectivity index (χ3v) is 3.01. The van der Waals surface area contributed by atoms with Gasteiger partial charge in [-0.1, -0.05) is 0 Å². The second-order valence-corrected chi connectivity index (χ2v) is 4.23. The van der Waals surface area contributed by atoms with Crippen LogP contribution in [0.25, 0.3) is 0 Å². The average molecular weight is 209 g/mol. The van der Waals surface area contributed by atoms with Crippen LogP contribution in [-0.4, -0.2) is 29.5 Å². The molecule has 4 heteroatoms. The summed E-state index contributed by atoms with van der Waals surface area (Å²) in [4.78, 5) is 0. The number of nitrogens with zero attached hydrogens (tertiary/aromatic N) is 2. The molecule has 0 radical (unpaired) electrons. The summed E-state index contributed by atoms with van der Waals surface area (Å²) in [6, 6.07) is 2.55. The van der Waals surface area contributed by atoms with Crippen molar-refractivity contribution in [2.45, 2.75) is 25.4 Å². The van der Waals surface area contributed by atoms with E-state index >= 15 is 0 Å². The first-order valence-corrected chi connectivity index (χ1v) is 5.50. The monoisotopic (exact) mass is 209 g/mol. The summed E-state index contributed by atoms with van der Waals surface area (Å²) in [6.45, 7) is 1.68. The molecule has 4 nitrogen and oxygen atoms in total. The van der Waals surface area contributed by atoms with E-state index in [-0.39, 0.29) is 0 Å². The van der Waals surface area contributed by atoms with Gasteiger partial charge in [0.25, 0.3) is 0 Å². The number of aromatic nitrogens is 2. The fourth-order valence-electron chi connectivity index (χ4n) is 1.85. The lowest BCUT2D eigenvalue weighted by atomic mass is 10.2. The Morgan fingerprint density at radius 3 is 3.00 bits per heavy atom. The fraction of sp³-hybridized carbons (Fsp3) is 0.727. The maximum Gasteiger partial charge on any atom is 0.0618 e. The molecule has 0 amide bonds. The summed E-state index contributed by atoms with van der Waals surface area (Å²) in [6.07, 6.45) is 4.51. The third-order valence-electron chi connectivity index (χ3n) is 3.01. The predicted molar refractivity (Wildman–Crippen MR) is 58.4 cm³/mol. The van der Waals surface area contributed by atoms with Gasteiger partial charge in [0.15, 0.2) is 0 Å². The van der Waals surface area contributed by atoms with Crippen molar-refractivity contribution in [3.8, 4) is 0 Å². The van der Waals surface area contributed by atoms with E-state index in [4.69, 9.17) is 4.74 Å². The minimum absolute atomic E-state index is 0.505. The van der Waals surface area contributed by atoms with Gasteiger partial charge < -0.3 is 10.1 Å². The number of rotatable bonds is 6. The van der Waals surface area contributed by atoms with E-state index in [1.807, 2.05) is 24.0 Å². The predicted octanol–water partition coefficient (Wildman–Crippen LogP) is 0.935. The van der Waals surface area contributed by atoms with Gasteiger partial charge in [-0.2, -0.15) is 5.10 Å². The van der Waals surface area contributed by atoms with Crippen molar-refractivity contribution in [2.24, 2.45) is 13.0 Å². The lowest BCUT2D eigenvalue weighted by Gasteiger charge is -2.17. The van der Waals surface area contributed by atoms with E-state index in [2.05, 4.69) is 10.4 Å². The van der Waals surface area contributed by atoms with Crippen LogP contribution in [0.1, 0.15) is 18.5 Å². The van der Waals surface area contributed by atoms with Crippen molar-refractivity contribution in [3.63, 3.8) is 0 Å². The number of hydrogen-bond acceptors (Lipinski definition) is 3. The van der Waals surface area contributed by atoms with Gasteiger partial charge >= 0.3 is 0 Å².